The Labute approximate surface area is 525 Å². The lowest BCUT2D eigenvalue weighted by molar-refractivity contribution is -0.143. The number of aliphatic hydroxyl groups is 2. The fraction of sp³-hybridized carbons (Fsp3) is 0.872. The van der Waals surface area contributed by atoms with Gasteiger partial charge in [-0.1, -0.05) is 358 Å². The van der Waals surface area contributed by atoms with Gasteiger partial charge in [0.15, 0.2) is 0 Å². The van der Waals surface area contributed by atoms with E-state index in [0.29, 0.717) is 19.4 Å². The Morgan fingerprint density at radius 1 is 0.333 bits per heavy atom. The maximum Gasteiger partial charge on any atom is 0.305 e. The summed E-state index contributed by atoms with van der Waals surface area (Å²) in [4.78, 5) is 24.6. The summed E-state index contributed by atoms with van der Waals surface area (Å²) in [6.45, 7) is 4.93. The summed E-state index contributed by atoms with van der Waals surface area (Å²) in [6.07, 6.45) is 96.4. The molecule has 0 radical (unpaired) electrons. The number of carbonyl (C=O) groups is 2. The van der Waals surface area contributed by atoms with Gasteiger partial charge in [0.05, 0.1) is 25.4 Å². The van der Waals surface area contributed by atoms with Gasteiger partial charge in [-0.15, -0.1) is 0 Å². The highest BCUT2D eigenvalue weighted by Crippen LogP contribution is 2.19. The molecule has 1 amide bonds. The third-order valence-electron chi connectivity index (χ3n) is 17.6. The van der Waals surface area contributed by atoms with Crippen molar-refractivity contribution in [3.05, 3.63) is 48.6 Å². The molecule has 0 aromatic rings. The van der Waals surface area contributed by atoms with E-state index in [9.17, 15) is 19.8 Å². The molecule has 0 aliphatic rings. The molecule has 6 heteroatoms. The van der Waals surface area contributed by atoms with Crippen LogP contribution in [0.3, 0.4) is 0 Å². The van der Waals surface area contributed by atoms with Crippen LogP contribution in [0, 0.1) is 0 Å². The second-order valence-corrected chi connectivity index (χ2v) is 26.0. The number of hydrogen-bond donors (Lipinski definition) is 3. The molecule has 0 fully saturated rings. The molecule has 0 saturated carbocycles. The van der Waals surface area contributed by atoms with E-state index in [1.165, 1.54) is 334 Å². The van der Waals surface area contributed by atoms with Gasteiger partial charge in [-0.3, -0.25) is 9.59 Å². The van der Waals surface area contributed by atoms with Crippen molar-refractivity contribution in [3.8, 4) is 0 Å². The summed E-state index contributed by atoms with van der Waals surface area (Å²) in [5, 5.41) is 23.2. The molecule has 0 aromatic carbocycles. The van der Waals surface area contributed by atoms with Crippen molar-refractivity contribution in [1.82, 2.24) is 5.32 Å². The predicted molar refractivity (Wildman–Crippen MR) is 370 cm³/mol. The van der Waals surface area contributed by atoms with Crippen molar-refractivity contribution in [2.24, 2.45) is 0 Å². The van der Waals surface area contributed by atoms with Gasteiger partial charge in [0, 0.05) is 12.8 Å². The zero-order valence-corrected chi connectivity index (χ0v) is 56.6. The lowest BCUT2D eigenvalue weighted by Crippen LogP contribution is -2.45. The smallest absolute Gasteiger partial charge is 0.305 e. The SMILES string of the molecule is CCCCCCCCC/C=C\CCCCCCCCCC(=O)OCCCCCCCCCCC/C=C\C/C=C\CCCCCCCCCCCCCCCCCC(=O)NC(CO)C(O)/C=C/CCCCCCCCCCCCCCCCCC. The average molecular weight is 1180 g/mol. The van der Waals surface area contributed by atoms with E-state index in [0.717, 1.165) is 51.4 Å². The fourth-order valence-electron chi connectivity index (χ4n) is 11.8. The third-order valence-corrected chi connectivity index (χ3v) is 17.6. The largest absolute Gasteiger partial charge is 0.466 e. The molecule has 0 spiro atoms. The number of rotatable bonds is 71. The molecular weight excluding hydrogens is 1030 g/mol. The number of amides is 1. The summed E-state index contributed by atoms with van der Waals surface area (Å²) in [5.41, 5.74) is 0. The first-order chi connectivity index (χ1) is 41.5. The molecule has 6 nitrogen and oxygen atoms in total. The molecule has 0 bridgehead atoms. The Morgan fingerprint density at radius 3 is 0.917 bits per heavy atom. The fourth-order valence-corrected chi connectivity index (χ4v) is 11.8. The standard InChI is InChI=1S/C78H147NO5/c1-3-5-7-9-11-13-15-17-19-21-38-42-46-50-54-58-62-66-70-76(81)75(74-80)79-77(82)71-67-63-59-55-51-47-43-39-36-34-32-30-28-26-24-23-25-27-29-31-33-35-37-41-45-49-53-57-61-65-69-73-84-78(83)72-68-64-60-56-52-48-44-40-22-20-18-16-14-12-10-8-6-4-2/h20,22,25,27,31,33,66,70,75-76,80-81H,3-19,21,23-24,26,28-30,32,34-65,67-69,71-74H2,1-2H3,(H,79,82)/b22-20-,27-25-,33-31-,70-66+. The van der Waals surface area contributed by atoms with Gasteiger partial charge in [-0.2, -0.15) is 0 Å². The first kappa shape index (κ1) is 81.8. The lowest BCUT2D eigenvalue weighted by Gasteiger charge is -2.20. The van der Waals surface area contributed by atoms with Crippen LogP contribution in [0.2, 0.25) is 0 Å². The molecule has 2 unspecified atom stereocenters. The van der Waals surface area contributed by atoms with Gasteiger partial charge < -0.3 is 20.3 Å². The van der Waals surface area contributed by atoms with Gasteiger partial charge in [0.2, 0.25) is 5.91 Å². The highest BCUT2D eigenvalue weighted by atomic mass is 16.5. The molecule has 0 aromatic heterocycles. The van der Waals surface area contributed by atoms with E-state index in [1.807, 2.05) is 6.08 Å². The summed E-state index contributed by atoms with van der Waals surface area (Å²) in [7, 11) is 0. The zero-order valence-electron chi connectivity index (χ0n) is 56.6. The van der Waals surface area contributed by atoms with E-state index < -0.39 is 12.1 Å². The van der Waals surface area contributed by atoms with Gasteiger partial charge in [0.25, 0.3) is 0 Å². The maximum absolute atomic E-state index is 12.5. The van der Waals surface area contributed by atoms with Crippen LogP contribution in [0.5, 0.6) is 0 Å². The Hall–Kier alpha value is -2.18. The van der Waals surface area contributed by atoms with E-state index in [4.69, 9.17) is 4.74 Å². The molecule has 2 atom stereocenters. The van der Waals surface area contributed by atoms with Crippen molar-refractivity contribution >= 4 is 11.9 Å². The number of allylic oxidation sites excluding steroid dienone is 7. The number of nitrogens with one attached hydrogen (secondary N) is 1. The molecule has 0 heterocycles. The molecule has 3 N–H and O–H groups in total. The predicted octanol–water partition coefficient (Wildman–Crippen LogP) is 24.8. The minimum absolute atomic E-state index is 0.0104. The highest BCUT2D eigenvalue weighted by molar-refractivity contribution is 5.76. The number of unbranched alkanes of at least 4 members (excludes halogenated alkanes) is 54. The normalized spacial score (nSPS) is 12.8. The minimum atomic E-state index is -0.845. The van der Waals surface area contributed by atoms with Crippen LogP contribution in [0.15, 0.2) is 48.6 Å². The van der Waals surface area contributed by atoms with Crippen LogP contribution in [0.1, 0.15) is 412 Å². The minimum Gasteiger partial charge on any atom is -0.466 e. The molecule has 0 rings (SSSR count). The summed E-state index contributed by atoms with van der Waals surface area (Å²) in [5.74, 6) is -0.0540. The molecule has 0 saturated heterocycles. The van der Waals surface area contributed by atoms with E-state index in [-0.39, 0.29) is 18.5 Å². The van der Waals surface area contributed by atoms with Crippen LogP contribution in [-0.2, 0) is 14.3 Å². The zero-order chi connectivity index (χ0) is 60.6. The van der Waals surface area contributed by atoms with Gasteiger partial charge in [-0.25, -0.2) is 0 Å². The Bertz CT molecular complexity index is 1400. The number of aliphatic hydroxyl groups excluding tert-OH is 2. The van der Waals surface area contributed by atoms with Gasteiger partial charge in [-0.05, 0) is 89.9 Å². The van der Waals surface area contributed by atoms with E-state index in [1.54, 1.807) is 6.08 Å². The Morgan fingerprint density at radius 2 is 0.595 bits per heavy atom. The van der Waals surface area contributed by atoms with Crippen LogP contribution < -0.4 is 5.32 Å². The first-order valence-corrected chi connectivity index (χ1v) is 37.9. The number of ether oxygens (including phenoxy) is 1. The molecular formula is C78H147NO5. The Kier molecular flexibility index (Phi) is 71.4. The Balaban J connectivity index is 3.40. The van der Waals surface area contributed by atoms with E-state index >= 15 is 0 Å². The quantitative estimate of drug-likeness (QED) is 0.0320. The van der Waals surface area contributed by atoms with Crippen LogP contribution >= 0.6 is 0 Å². The van der Waals surface area contributed by atoms with Crippen molar-refractivity contribution in [3.63, 3.8) is 0 Å². The third kappa shape index (κ3) is 68.9. The number of esters is 1. The highest BCUT2D eigenvalue weighted by Gasteiger charge is 2.18. The number of carbonyl (C=O) groups excluding carboxylic acids is 2. The summed E-state index contributed by atoms with van der Waals surface area (Å²) >= 11 is 0. The van der Waals surface area contributed by atoms with Crippen LogP contribution in [0.4, 0.5) is 0 Å². The van der Waals surface area contributed by atoms with E-state index in [2.05, 4.69) is 55.6 Å². The van der Waals surface area contributed by atoms with Crippen LogP contribution in [-0.4, -0.2) is 47.4 Å². The summed E-state index contributed by atoms with van der Waals surface area (Å²) < 4.78 is 5.50. The molecule has 0 aliphatic heterocycles. The van der Waals surface area contributed by atoms with Gasteiger partial charge >= 0.3 is 5.97 Å². The van der Waals surface area contributed by atoms with Crippen molar-refractivity contribution < 1.29 is 24.5 Å². The average Bonchev–Trinajstić information content (AvgIpc) is 3.52. The van der Waals surface area contributed by atoms with Crippen molar-refractivity contribution in [1.29, 1.82) is 0 Å². The molecule has 494 valence electrons. The molecule has 84 heavy (non-hydrogen) atoms. The summed E-state index contributed by atoms with van der Waals surface area (Å²) in [6, 6.07) is -0.629. The topological polar surface area (TPSA) is 95.9 Å². The maximum atomic E-state index is 12.5. The molecule has 0 aliphatic carbocycles. The monoisotopic (exact) mass is 1180 g/mol. The lowest BCUT2D eigenvalue weighted by atomic mass is 10.0. The number of hydrogen-bond acceptors (Lipinski definition) is 5. The first-order valence-electron chi connectivity index (χ1n) is 37.9. The van der Waals surface area contributed by atoms with Crippen LogP contribution in [0.25, 0.3) is 0 Å². The van der Waals surface area contributed by atoms with Gasteiger partial charge in [0.1, 0.15) is 0 Å². The van der Waals surface area contributed by atoms with Crippen molar-refractivity contribution in [2.45, 2.75) is 424 Å². The second kappa shape index (κ2) is 73.3. The second-order valence-electron chi connectivity index (χ2n) is 26.0. The van der Waals surface area contributed by atoms with Crippen molar-refractivity contribution in [2.75, 3.05) is 13.2 Å².